The van der Waals surface area contributed by atoms with Gasteiger partial charge in [0.25, 0.3) is 0 Å². The highest BCUT2D eigenvalue weighted by Crippen LogP contribution is 2.11. The third-order valence-corrected chi connectivity index (χ3v) is 2.94. The first kappa shape index (κ1) is 11.0. The van der Waals surface area contributed by atoms with E-state index in [1.165, 1.54) is 5.52 Å². The molecule has 0 unspecified atom stereocenters. The average molecular weight is 241 g/mol. The molecule has 0 fully saturated rings. The van der Waals surface area contributed by atoms with E-state index < -0.39 is 0 Å². The van der Waals surface area contributed by atoms with Gasteiger partial charge in [-0.05, 0) is 24.3 Å². The van der Waals surface area contributed by atoms with E-state index in [1.807, 2.05) is 36.7 Å². The summed E-state index contributed by atoms with van der Waals surface area (Å²) in [5.74, 6) is 0.963. The SMILES string of the molecule is c1coc(CNCCn2cnc3ccccc32)c1. The van der Waals surface area contributed by atoms with Crippen LogP contribution in [0, 0.1) is 0 Å². The van der Waals surface area contributed by atoms with Gasteiger partial charge in [-0.2, -0.15) is 0 Å². The molecule has 0 saturated heterocycles. The van der Waals surface area contributed by atoms with Crippen molar-refractivity contribution >= 4 is 11.0 Å². The molecule has 1 aromatic carbocycles. The van der Waals surface area contributed by atoms with E-state index in [0.29, 0.717) is 0 Å². The zero-order valence-electron chi connectivity index (χ0n) is 10.0. The predicted molar refractivity (Wildman–Crippen MR) is 70.1 cm³/mol. The molecule has 3 aromatic rings. The van der Waals surface area contributed by atoms with E-state index in [-0.39, 0.29) is 0 Å². The third-order valence-electron chi connectivity index (χ3n) is 2.94. The summed E-state index contributed by atoms with van der Waals surface area (Å²) in [5.41, 5.74) is 2.22. The van der Waals surface area contributed by atoms with Gasteiger partial charge in [0.2, 0.25) is 0 Å². The molecule has 2 heterocycles. The molecule has 0 aliphatic rings. The van der Waals surface area contributed by atoms with Crippen LogP contribution in [0.4, 0.5) is 0 Å². The van der Waals surface area contributed by atoms with Gasteiger partial charge in [-0.1, -0.05) is 12.1 Å². The van der Waals surface area contributed by atoms with Gasteiger partial charge in [0, 0.05) is 13.1 Å². The van der Waals surface area contributed by atoms with Crippen molar-refractivity contribution in [2.45, 2.75) is 13.1 Å². The van der Waals surface area contributed by atoms with E-state index >= 15 is 0 Å². The van der Waals surface area contributed by atoms with Crippen molar-refractivity contribution in [1.82, 2.24) is 14.9 Å². The summed E-state index contributed by atoms with van der Waals surface area (Å²) in [6.07, 6.45) is 3.58. The fourth-order valence-electron chi connectivity index (χ4n) is 2.01. The summed E-state index contributed by atoms with van der Waals surface area (Å²) < 4.78 is 7.42. The molecule has 18 heavy (non-hydrogen) atoms. The Morgan fingerprint density at radius 2 is 2.11 bits per heavy atom. The molecule has 2 aromatic heterocycles. The summed E-state index contributed by atoms with van der Waals surface area (Å²) in [4.78, 5) is 4.36. The van der Waals surface area contributed by atoms with Gasteiger partial charge >= 0.3 is 0 Å². The molecule has 4 nitrogen and oxygen atoms in total. The second-order valence-electron chi connectivity index (χ2n) is 4.18. The smallest absolute Gasteiger partial charge is 0.117 e. The van der Waals surface area contributed by atoms with Crippen molar-refractivity contribution in [1.29, 1.82) is 0 Å². The number of nitrogens with zero attached hydrogens (tertiary/aromatic N) is 2. The minimum atomic E-state index is 0.764. The summed E-state index contributed by atoms with van der Waals surface area (Å²) in [5, 5.41) is 3.35. The number of para-hydroxylation sites is 2. The Morgan fingerprint density at radius 3 is 3.00 bits per heavy atom. The van der Waals surface area contributed by atoms with Crippen LogP contribution >= 0.6 is 0 Å². The summed E-state index contributed by atoms with van der Waals surface area (Å²) >= 11 is 0. The molecule has 0 atom stereocenters. The van der Waals surface area contributed by atoms with Crippen molar-refractivity contribution in [3.63, 3.8) is 0 Å². The molecule has 1 N–H and O–H groups in total. The van der Waals surface area contributed by atoms with Gasteiger partial charge in [0.05, 0.1) is 30.2 Å². The highest BCUT2D eigenvalue weighted by Gasteiger charge is 2.00. The lowest BCUT2D eigenvalue weighted by atomic mass is 10.3. The predicted octanol–water partition coefficient (Wildman–Crippen LogP) is 2.42. The van der Waals surface area contributed by atoms with Crippen molar-refractivity contribution in [3.8, 4) is 0 Å². The molecular formula is C14H15N3O. The topological polar surface area (TPSA) is 43.0 Å². The van der Waals surface area contributed by atoms with Crippen LogP contribution in [0.5, 0.6) is 0 Å². The number of fused-ring (bicyclic) bond motifs is 1. The Bertz CT molecular complexity index is 613. The first-order chi connectivity index (χ1) is 8.93. The molecule has 0 spiro atoms. The number of imidazole rings is 1. The van der Waals surface area contributed by atoms with Crippen molar-refractivity contribution in [3.05, 3.63) is 54.7 Å². The van der Waals surface area contributed by atoms with E-state index in [0.717, 1.165) is 30.9 Å². The molecule has 3 rings (SSSR count). The Morgan fingerprint density at radius 1 is 1.17 bits per heavy atom. The monoisotopic (exact) mass is 241 g/mol. The lowest BCUT2D eigenvalue weighted by molar-refractivity contribution is 0.477. The van der Waals surface area contributed by atoms with Crippen LogP contribution in [0.1, 0.15) is 5.76 Å². The first-order valence-corrected chi connectivity index (χ1v) is 6.06. The molecule has 0 aliphatic carbocycles. The van der Waals surface area contributed by atoms with Crippen LogP contribution < -0.4 is 5.32 Å². The lowest BCUT2D eigenvalue weighted by Crippen LogP contribution is -2.18. The molecule has 0 aliphatic heterocycles. The van der Waals surface area contributed by atoms with Crippen LogP contribution in [0.2, 0.25) is 0 Å². The number of benzene rings is 1. The number of rotatable bonds is 5. The molecule has 0 radical (unpaired) electrons. The number of aromatic nitrogens is 2. The number of furan rings is 1. The van der Waals surface area contributed by atoms with E-state index in [2.05, 4.69) is 20.9 Å². The van der Waals surface area contributed by atoms with Gasteiger partial charge < -0.3 is 14.3 Å². The zero-order valence-corrected chi connectivity index (χ0v) is 10.0. The quantitative estimate of drug-likeness (QED) is 0.698. The van der Waals surface area contributed by atoms with Gasteiger partial charge in [-0.3, -0.25) is 0 Å². The summed E-state index contributed by atoms with van der Waals surface area (Å²) in [6.45, 7) is 2.56. The normalized spacial score (nSPS) is 11.1. The van der Waals surface area contributed by atoms with Crippen LogP contribution in [-0.4, -0.2) is 16.1 Å². The molecular weight excluding hydrogens is 226 g/mol. The largest absolute Gasteiger partial charge is 0.468 e. The molecule has 4 heteroatoms. The molecule has 0 amide bonds. The summed E-state index contributed by atoms with van der Waals surface area (Å²) in [6, 6.07) is 12.0. The van der Waals surface area contributed by atoms with E-state index in [1.54, 1.807) is 6.26 Å². The average Bonchev–Trinajstić information content (AvgIpc) is 3.04. The van der Waals surface area contributed by atoms with Gasteiger partial charge in [-0.15, -0.1) is 0 Å². The van der Waals surface area contributed by atoms with Crippen LogP contribution in [0.25, 0.3) is 11.0 Å². The Labute approximate surface area is 105 Å². The number of hydrogen-bond acceptors (Lipinski definition) is 3. The van der Waals surface area contributed by atoms with Crippen LogP contribution in [0.3, 0.4) is 0 Å². The van der Waals surface area contributed by atoms with Crippen molar-refractivity contribution in [2.75, 3.05) is 6.54 Å². The Hall–Kier alpha value is -2.07. The number of nitrogens with one attached hydrogen (secondary N) is 1. The van der Waals surface area contributed by atoms with Crippen molar-refractivity contribution < 1.29 is 4.42 Å². The molecule has 0 saturated carbocycles. The second kappa shape index (κ2) is 5.06. The van der Waals surface area contributed by atoms with Gasteiger partial charge in [-0.25, -0.2) is 4.98 Å². The van der Waals surface area contributed by atoms with E-state index in [4.69, 9.17) is 4.42 Å². The molecule has 92 valence electrons. The minimum Gasteiger partial charge on any atom is -0.468 e. The van der Waals surface area contributed by atoms with Gasteiger partial charge in [0.1, 0.15) is 5.76 Å². The lowest BCUT2D eigenvalue weighted by Gasteiger charge is -2.05. The van der Waals surface area contributed by atoms with E-state index in [9.17, 15) is 0 Å². The Kier molecular flexibility index (Phi) is 3.10. The zero-order chi connectivity index (χ0) is 12.2. The maximum absolute atomic E-state index is 5.26. The van der Waals surface area contributed by atoms with Gasteiger partial charge in [0.15, 0.2) is 0 Å². The Balaban J connectivity index is 1.57. The van der Waals surface area contributed by atoms with Crippen LogP contribution in [-0.2, 0) is 13.1 Å². The highest BCUT2D eigenvalue weighted by molar-refractivity contribution is 5.74. The fraction of sp³-hybridized carbons (Fsp3) is 0.214. The maximum Gasteiger partial charge on any atom is 0.117 e. The van der Waals surface area contributed by atoms with Crippen molar-refractivity contribution in [2.24, 2.45) is 0 Å². The fourth-order valence-corrected chi connectivity index (χ4v) is 2.01. The molecule has 0 bridgehead atoms. The maximum atomic E-state index is 5.26. The minimum absolute atomic E-state index is 0.764. The number of hydrogen-bond donors (Lipinski definition) is 1. The standard InChI is InChI=1S/C14H15N3O/c1-2-6-14-13(5-1)16-11-17(14)8-7-15-10-12-4-3-9-18-12/h1-6,9,11,15H,7-8,10H2. The third kappa shape index (κ3) is 2.28. The second-order valence-corrected chi connectivity index (χ2v) is 4.18. The van der Waals surface area contributed by atoms with Crippen LogP contribution in [0.15, 0.2) is 53.4 Å². The first-order valence-electron chi connectivity index (χ1n) is 6.06. The highest BCUT2D eigenvalue weighted by atomic mass is 16.3. The summed E-state index contributed by atoms with van der Waals surface area (Å²) in [7, 11) is 0.